The van der Waals surface area contributed by atoms with Gasteiger partial charge in [-0.2, -0.15) is 0 Å². The molecule has 0 aliphatic carbocycles. The number of ether oxygens (including phenoxy) is 1. The molecule has 2 heteroatoms. The lowest BCUT2D eigenvalue weighted by Gasteiger charge is -2.30. The maximum atomic E-state index is 9.24. The molecule has 1 aliphatic heterocycles. The zero-order valence-corrected chi connectivity index (χ0v) is 8.23. The minimum atomic E-state index is 0.222. The van der Waals surface area contributed by atoms with Crippen LogP contribution in [-0.2, 0) is 4.74 Å². The molecule has 0 bridgehead atoms. The average Bonchev–Trinajstić information content (AvgIpc) is 2.30. The highest BCUT2D eigenvalue weighted by molar-refractivity contribution is 5.20. The molecule has 1 aromatic carbocycles. The summed E-state index contributed by atoms with van der Waals surface area (Å²) in [6.07, 6.45) is 1.02. The fraction of sp³-hybridized carbons (Fsp3) is 0.500. The van der Waals surface area contributed by atoms with Gasteiger partial charge in [-0.3, -0.25) is 0 Å². The lowest BCUT2D eigenvalue weighted by atomic mass is 9.83. The van der Waals surface area contributed by atoms with Crippen LogP contribution in [-0.4, -0.2) is 24.9 Å². The van der Waals surface area contributed by atoms with Gasteiger partial charge in [-0.05, 0) is 17.9 Å². The van der Waals surface area contributed by atoms with E-state index in [2.05, 4.69) is 24.3 Å². The summed E-state index contributed by atoms with van der Waals surface area (Å²) in [6.45, 7) is 1.73. The summed E-state index contributed by atoms with van der Waals surface area (Å²) in [7, 11) is 0. The highest BCUT2D eigenvalue weighted by Gasteiger charge is 2.26. The van der Waals surface area contributed by atoms with Crippen molar-refractivity contribution < 1.29 is 9.84 Å². The van der Waals surface area contributed by atoms with Crippen LogP contribution >= 0.6 is 0 Å². The molecule has 2 nitrogen and oxygen atoms in total. The van der Waals surface area contributed by atoms with E-state index in [9.17, 15) is 5.11 Å². The summed E-state index contributed by atoms with van der Waals surface area (Å²) in [5.41, 5.74) is 1.33. The molecule has 2 rings (SSSR count). The van der Waals surface area contributed by atoms with E-state index in [0.717, 1.165) is 13.0 Å². The second-order valence-corrected chi connectivity index (χ2v) is 3.82. The van der Waals surface area contributed by atoms with Gasteiger partial charge in [0.2, 0.25) is 0 Å². The third-order valence-corrected chi connectivity index (χ3v) is 2.94. The Morgan fingerprint density at radius 1 is 1.29 bits per heavy atom. The minimum Gasteiger partial charge on any atom is -0.396 e. The molecule has 2 unspecified atom stereocenters. The second kappa shape index (κ2) is 4.58. The van der Waals surface area contributed by atoms with E-state index in [1.807, 2.05) is 6.07 Å². The summed E-state index contributed by atoms with van der Waals surface area (Å²) in [5, 5.41) is 9.24. The molecule has 0 saturated carbocycles. The zero-order chi connectivity index (χ0) is 9.80. The van der Waals surface area contributed by atoms with Crippen molar-refractivity contribution in [1.82, 2.24) is 0 Å². The van der Waals surface area contributed by atoms with Crippen LogP contribution in [0.5, 0.6) is 0 Å². The quantitative estimate of drug-likeness (QED) is 0.774. The zero-order valence-electron chi connectivity index (χ0n) is 8.23. The lowest BCUT2D eigenvalue weighted by molar-refractivity contribution is 0.0159. The molecule has 1 aromatic rings. The van der Waals surface area contributed by atoms with E-state index in [1.165, 1.54) is 5.56 Å². The van der Waals surface area contributed by atoms with E-state index in [1.54, 1.807) is 0 Å². The first-order valence-corrected chi connectivity index (χ1v) is 5.15. The number of aliphatic hydroxyl groups excluding tert-OH is 1. The van der Waals surface area contributed by atoms with Crippen molar-refractivity contribution in [3.05, 3.63) is 35.9 Å². The molecule has 1 N–H and O–H groups in total. The van der Waals surface area contributed by atoms with Gasteiger partial charge in [0.25, 0.3) is 0 Å². The van der Waals surface area contributed by atoms with Gasteiger partial charge in [0.05, 0.1) is 6.61 Å². The fourth-order valence-corrected chi connectivity index (χ4v) is 2.12. The van der Waals surface area contributed by atoms with Crippen molar-refractivity contribution >= 4 is 0 Å². The van der Waals surface area contributed by atoms with Crippen molar-refractivity contribution in [3.8, 4) is 0 Å². The van der Waals surface area contributed by atoms with Gasteiger partial charge < -0.3 is 9.84 Å². The van der Waals surface area contributed by atoms with Crippen LogP contribution in [0.4, 0.5) is 0 Å². The molecule has 0 spiro atoms. The molecule has 14 heavy (non-hydrogen) atoms. The Morgan fingerprint density at radius 2 is 2.07 bits per heavy atom. The van der Waals surface area contributed by atoms with Gasteiger partial charge >= 0.3 is 0 Å². The third-order valence-electron chi connectivity index (χ3n) is 2.94. The molecule has 0 radical (unpaired) electrons. The monoisotopic (exact) mass is 192 g/mol. The molecule has 1 fully saturated rings. The molecule has 1 heterocycles. The van der Waals surface area contributed by atoms with Gasteiger partial charge in [0.15, 0.2) is 0 Å². The normalized spacial score (nSPS) is 27.5. The number of benzene rings is 1. The molecule has 1 saturated heterocycles. The van der Waals surface area contributed by atoms with E-state index in [4.69, 9.17) is 4.74 Å². The standard InChI is InChI=1S/C12H16O2/c13-8-11-9-14-7-6-12(11)10-4-2-1-3-5-10/h1-5,11-13H,6-9H2. The van der Waals surface area contributed by atoms with Crippen LogP contribution in [0.3, 0.4) is 0 Å². The topological polar surface area (TPSA) is 29.5 Å². The van der Waals surface area contributed by atoms with Crippen molar-refractivity contribution in [3.63, 3.8) is 0 Å². The Labute approximate surface area is 84.5 Å². The Bertz CT molecular complexity index is 271. The van der Waals surface area contributed by atoms with Gasteiger partial charge in [-0.15, -0.1) is 0 Å². The van der Waals surface area contributed by atoms with Crippen LogP contribution in [0, 0.1) is 5.92 Å². The van der Waals surface area contributed by atoms with E-state index >= 15 is 0 Å². The third kappa shape index (κ3) is 1.97. The summed E-state index contributed by atoms with van der Waals surface area (Å²) >= 11 is 0. The summed E-state index contributed by atoms with van der Waals surface area (Å²) in [6, 6.07) is 10.4. The largest absolute Gasteiger partial charge is 0.396 e. The minimum absolute atomic E-state index is 0.222. The van der Waals surface area contributed by atoms with Gasteiger partial charge in [-0.25, -0.2) is 0 Å². The second-order valence-electron chi connectivity index (χ2n) is 3.82. The first-order chi connectivity index (χ1) is 6.92. The Morgan fingerprint density at radius 3 is 2.79 bits per heavy atom. The van der Waals surface area contributed by atoms with Gasteiger partial charge in [0, 0.05) is 19.1 Å². The maximum absolute atomic E-state index is 9.24. The Kier molecular flexibility index (Phi) is 3.17. The highest BCUT2D eigenvalue weighted by Crippen LogP contribution is 2.31. The molecule has 2 atom stereocenters. The number of hydrogen-bond acceptors (Lipinski definition) is 2. The van der Waals surface area contributed by atoms with Crippen LogP contribution in [0.15, 0.2) is 30.3 Å². The molecule has 1 aliphatic rings. The summed E-state index contributed by atoms with van der Waals surface area (Å²) < 4.78 is 5.36. The number of aliphatic hydroxyl groups is 1. The van der Waals surface area contributed by atoms with E-state index in [-0.39, 0.29) is 12.5 Å². The molecule has 76 valence electrons. The predicted octanol–water partition coefficient (Wildman–Crippen LogP) is 1.80. The van der Waals surface area contributed by atoms with Crippen molar-refractivity contribution in [2.24, 2.45) is 5.92 Å². The first kappa shape index (κ1) is 9.69. The molecular weight excluding hydrogens is 176 g/mol. The van der Waals surface area contributed by atoms with E-state index in [0.29, 0.717) is 12.5 Å². The van der Waals surface area contributed by atoms with Gasteiger partial charge in [0.1, 0.15) is 0 Å². The van der Waals surface area contributed by atoms with Crippen LogP contribution in [0.1, 0.15) is 17.9 Å². The van der Waals surface area contributed by atoms with Crippen molar-refractivity contribution in [2.45, 2.75) is 12.3 Å². The van der Waals surface area contributed by atoms with Crippen molar-refractivity contribution in [1.29, 1.82) is 0 Å². The summed E-state index contributed by atoms with van der Waals surface area (Å²) in [5.74, 6) is 0.737. The van der Waals surface area contributed by atoms with Crippen LogP contribution < -0.4 is 0 Å². The highest BCUT2D eigenvalue weighted by atomic mass is 16.5. The van der Waals surface area contributed by atoms with Crippen LogP contribution in [0.25, 0.3) is 0 Å². The van der Waals surface area contributed by atoms with Crippen molar-refractivity contribution in [2.75, 3.05) is 19.8 Å². The Balaban J connectivity index is 2.15. The SMILES string of the molecule is OCC1COCCC1c1ccccc1. The number of hydrogen-bond donors (Lipinski definition) is 1. The molecular formula is C12H16O2. The average molecular weight is 192 g/mol. The number of rotatable bonds is 2. The van der Waals surface area contributed by atoms with Gasteiger partial charge in [-0.1, -0.05) is 30.3 Å². The van der Waals surface area contributed by atoms with E-state index < -0.39 is 0 Å². The lowest BCUT2D eigenvalue weighted by Crippen LogP contribution is -2.28. The summed E-state index contributed by atoms with van der Waals surface area (Å²) in [4.78, 5) is 0. The smallest absolute Gasteiger partial charge is 0.0522 e. The fourth-order valence-electron chi connectivity index (χ4n) is 2.12. The predicted molar refractivity (Wildman–Crippen MR) is 55.2 cm³/mol. The molecule has 0 aromatic heterocycles. The van der Waals surface area contributed by atoms with Crippen LogP contribution in [0.2, 0.25) is 0 Å². The Hall–Kier alpha value is -0.860. The first-order valence-electron chi connectivity index (χ1n) is 5.15. The molecule has 0 amide bonds. The maximum Gasteiger partial charge on any atom is 0.0522 e.